The van der Waals surface area contributed by atoms with Crippen molar-refractivity contribution >= 4 is 29.9 Å². The predicted molar refractivity (Wildman–Crippen MR) is 130 cm³/mol. The summed E-state index contributed by atoms with van der Waals surface area (Å²) >= 11 is 0. The highest BCUT2D eigenvalue weighted by Crippen LogP contribution is 2.43. The first-order valence-corrected chi connectivity index (χ1v) is 10.3. The number of carbonyl (C=O) groups is 1. The van der Waals surface area contributed by atoms with Crippen molar-refractivity contribution in [2.75, 3.05) is 48.6 Å². The van der Waals surface area contributed by atoms with E-state index < -0.39 is 5.97 Å². The first-order valence-electron chi connectivity index (χ1n) is 10.3. The minimum atomic E-state index is -1.03. The van der Waals surface area contributed by atoms with Crippen LogP contribution < -0.4 is 24.1 Å². The molecule has 7 nitrogen and oxygen atoms in total. The van der Waals surface area contributed by atoms with Crippen LogP contribution >= 0.6 is 24.0 Å². The molecule has 0 unspecified atom stereocenters. The van der Waals surface area contributed by atoms with Gasteiger partial charge in [0.1, 0.15) is 6.04 Å². The number of benzene rings is 2. The first-order chi connectivity index (χ1) is 14.8. The molecule has 32 heavy (non-hydrogen) atoms. The lowest BCUT2D eigenvalue weighted by Gasteiger charge is -2.46. The third-order valence-electron chi connectivity index (χ3n) is 6.35. The molecular weight excluding hydrogens is 525 g/mol. The van der Waals surface area contributed by atoms with Crippen LogP contribution in [-0.2, 0) is 17.6 Å². The zero-order valence-corrected chi connectivity index (χ0v) is 21.6. The molecule has 2 atom stereocenters. The third-order valence-corrected chi connectivity index (χ3v) is 6.35. The van der Waals surface area contributed by atoms with E-state index in [-0.39, 0.29) is 36.4 Å². The number of methoxy groups -OCH3 is 4. The second-order valence-corrected chi connectivity index (χ2v) is 8.11. The summed E-state index contributed by atoms with van der Waals surface area (Å²) in [4.78, 5) is 11.2. The smallest absolute Gasteiger partial charge is 0.161 e. The molecule has 0 bridgehead atoms. The van der Waals surface area contributed by atoms with Crippen LogP contribution in [0, 0.1) is 0 Å². The number of ether oxygens (including phenoxy) is 4. The molecule has 176 valence electrons. The Morgan fingerprint density at radius 2 is 1.56 bits per heavy atom. The highest BCUT2D eigenvalue weighted by molar-refractivity contribution is 14.0. The van der Waals surface area contributed by atoms with Gasteiger partial charge in [0.2, 0.25) is 0 Å². The summed E-state index contributed by atoms with van der Waals surface area (Å²) in [6, 6.07) is 10.0. The Hall–Kier alpha value is -2.20. The fourth-order valence-electron chi connectivity index (χ4n) is 4.51. The first kappa shape index (κ1) is 26.1. The summed E-state index contributed by atoms with van der Waals surface area (Å²) in [5, 5.41) is 11.2. The van der Waals surface area contributed by atoms with E-state index >= 15 is 0 Å². The molecule has 0 fully saturated rings. The lowest BCUT2D eigenvalue weighted by Crippen LogP contribution is -2.53. The third kappa shape index (κ3) is 5.40. The quantitative estimate of drug-likeness (QED) is 0.349. The molecule has 2 aromatic rings. The molecule has 0 saturated carbocycles. The predicted octanol–water partition coefficient (Wildman–Crippen LogP) is 2.77. The van der Waals surface area contributed by atoms with Crippen molar-refractivity contribution in [3.05, 3.63) is 47.0 Å². The molecule has 0 spiro atoms. The van der Waals surface area contributed by atoms with E-state index in [1.807, 2.05) is 30.3 Å². The second kappa shape index (κ2) is 11.1. The molecule has 0 N–H and O–H groups in total. The molecule has 0 radical (unpaired) electrons. The van der Waals surface area contributed by atoms with Crippen LogP contribution in [0.25, 0.3) is 0 Å². The Labute approximate surface area is 206 Å². The van der Waals surface area contributed by atoms with Crippen LogP contribution in [0.15, 0.2) is 30.3 Å². The van der Waals surface area contributed by atoms with Gasteiger partial charge in [-0.1, -0.05) is 6.07 Å². The Balaban J connectivity index is 0.00000363. The standard InChI is InChI=1S/C24H31NO6.HI/c1-25(11-9-24(26)27)10-8-17-14-22(30-4)23(31-5)15-18(17)19(25)12-16-6-7-20(28-2)21(13-16)29-3;/h6-7,13-15,19H,8-12H2,1-5H3;1H/t19-,25-;/m1./s1. The van der Waals surface area contributed by atoms with Gasteiger partial charge < -0.3 is 33.3 Å². The number of nitrogens with zero attached hydrogens (tertiary/aromatic N) is 1. The molecule has 0 aliphatic carbocycles. The number of halogens is 1. The summed E-state index contributed by atoms with van der Waals surface area (Å²) in [6.45, 7) is 1.32. The van der Waals surface area contributed by atoms with E-state index in [1.165, 1.54) is 5.56 Å². The van der Waals surface area contributed by atoms with Gasteiger partial charge in [-0.15, -0.1) is 24.0 Å². The summed E-state index contributed by atoms with van der Waals surface area (Å²) in [7, 11) is 8.61. The van der Waals surface area contributed by atoms with Gasteiger partial charge in [0, 0.05) is 30.8 Å². The molecule has 0 saturated heterocycles. The lowest BCUT2D eigenvalue weighted by atomic mass is 9.86. The van der Waals surface area contributed by atoms with Gasteiger partial charge in [-0.05, 0) is 35.4 Å². The van der Waals surface area contributed by atoms with Crippen LogP contribution in [0.1, 0.15) is 29.2 Å². The number of likely N-dealkylation sites (N-methyl/N-ethyl adjacent to an activating group) is 1. The van der Waals surface area contributed by atoms with Gasteiger partial charge in [-0.3, -0.25) is 0 Å². The summed E-state index contributed by atoms with van der Waals surface area (Å²) in [5.41, 5.74) is 3.44. The fraction of sp³-hybridized carbons (Fsp3) is 0.458. The second-order valence-electron chi connectivity index (χ2n) is 8.11. The highest BCUT2D eigenvalue weighted by Gasteiger charge is 2.39. The normalized spacial score (nSPS) is 19.3. The highest BCUT2D eigenvalue weighted by atomic mass is 127. The minimum absolute atomic E-state index is 0. The molecular formula is C24H32INO6. The number of rotatable bonds is 9. The Bertz CT molecular complexity index is 950. The van der Waals surface area contributed by atoms with Crippen LogP contribution in [0.3, 0.4) is 0 Å². The number of hydrogen-bond acceptors (Lipinski definition) is 6. The van der Waals surface area contributed by atoms with Crippen molar-refractivity contribution in [1.82, 2.24) is 0 Å². The Morgan fingerprint density at radius 3 is 2.16 bits per heavy atom. The summed E-state index contributed by atoms with van der Waals surface area (Å²) in [6.07, 6.45) is 1.57. The van der Waals surface area contributed by atoms with Crippen molar-refractivity contribution in [1.29, 1.82) is 0 Å². The van der Waals surface area contributed by atoms with E-state index in [4.69, 9.17) is 18.9 Å². The topological polar surface area (TPSA) is 77.1 Å². The van der Waals surface area contributed by atoms with Crippen molar-refractivity contribution in [2.45, 2.75) is 25.3 Å². The fourth-order valence-corrected chi connectivity index (χ4v) is 4.51. The van der Waals surface area contributed by atoms with Crippen LogP contribution in [0.5, 0.6) is 23.0 Å². The monoisotopic (exact) mass is 557 g/mol. The van der Waals surface area contributed by atoms with Crippen LogP contribution in [0.4, 0.5) is 0 Å². The minimum Gasteiger partial charge on any atom is -0.550 e. The average Bonchev–Trinajstić information content (AvgIpc) is 2.78. The molecule has 8 heteroatoms. The van der Waals surface area contributed by atoms with E-state index in [2.05, 4.69) is 7.05 Å². The lowest BCUT2D eigenvalue weighted by molar-refractivity contribution is -0.941. The molecule has 2 aromatic carbocycles. The maximum absolute atomic E-state index is 11.2. The van der Waals surface area contributed by atoms with Crippen molar-refractivity contribution < 1.29 is 33.3 Å². The summed E-state index contributed by atoms with van der Waals surface area (Å²) < 4.78 is 22.5. The number of quaternary nitrogens is 1. The number of carbonyl (C=O) groups excluding carboxylic acids is 1. The van der Waals surface area contributed by atoms with Crippen molar-refractivity contribution in [3.8, 4) is 23.0 Å². The average molecular weight is 557 g/mol. The molecule has 1 aliphatic rings. The van der Waals surface area contributed by atoms with Gasteiger partial charge in [-0.25, -0.2) is 0 Å². The Kier molecular flexibility index (Phi) is 9.03. The van der Waals surface area contributed by atoms with E-state index in [9.17, 15) is 9.90 Å². The number of aliphatic carboxylic acids is 1. The molecule has 0 aromatic heterocycles. The van der Waals surface area contributed by atoms with Gasteiger partial charge in [0.25, 0.3) is 0 Å². The van der Waals surface area contributed by atoms with E-state index in [0.717, 1.165) is 24.1 Å². The number of hydrogen-bond donors (Lipinski definition) is 0. The zero-order valence-electron chi connectivity index (χ0n) is 19.3. The van der Waals surface area contributed by atoms with E-state index in [1.54, 1.807) is 28.4 Å². The van der Waals surface area contributed by atoms with Crippen LogP contribution in [-0.4, -0.2) is 59.0 Å². The summed E-state index contributed by atoms with van der Waals surface area (Å²) in [5.74, 6) is 1.70. The molecule has 1 heterocycles. The number of fused-ring (bicyclic) bond motifs is 1. The van der Waals surface area contributed by atoms with Crippen LogP contribution in [0.2, 0.25) is 0 Å². The number of carboxylic acids is 1. The zero-order chi connectivity index (χ0) is 22.6. The van der Waals surface area contributed by atoms with E-state index in [0.29, 0.717) is 40.4 Å². The maximum atomic E-state index is 11.2. The molecule has 0 amide bonds. The molecule has 3 rings (SSSR count). The van der Waals surface area contributed by atoms with Gasteiger partial charge in [0.15, 0.2) is 23.0 Å². The maximum Gasteiger partial charge on any atom is 0.161 e. The van der Waals surface area contributed by atoms with Crippen molar-refractivity contribution in [3.63, 3.8) is 0 Å². The van der Waals surface area contributed by atoms with Gasteiger partial charge in [-0.2, -0.15) is 0 Å². The Morgan fingerprint density at radius 1 is 0.969 bits per heavy atom. The van der Waals surface area contributed by atoms with Crippen molar-refractivity contribution in [2.24, 2.45) is 0 Å². The molecule has 1 aliphatic heterocycles. The SMILES string of the molecule is COc1ccc(C[C@@H]2c3cc(OC)c(OC)cc3CC[N@+]2(C)CCC(=O)[O-])cc1OC.I. The van der Waals surface area contributed by atoms with Gasteiger partial charge in [0.05, 0.1) is 48.6 Å². The largest absolute Gasteiger partial charge is 0.550 e. The van der Waals surface area contributed by atoms with Gasteiger partial charge >= 0.3 is 0 Å². The number of carboxylic acid groups (broad SMARTS) is 1.